The van der Waals surface area contributed by atoms with Crippen LogP contribution in [0, 0.1) is 0 Å². The minimum Gasteiger partial charge on any atom is -0.326 e. The highest BCUT2D eigenvalue weighted by atomic mass is 32.2. The molecule has 0 fully saturated rings. The lowest BCUT2D eigenvalue weighted by atomic mass is 10.2. The van der Waals surface area contributed by atoms with Crippen LogP contribution in [0.25, 0.3) is 11.8 Å². The third-order valence-corrected chi connectivity index (χ3v) is 4.28. The fourth-order valence-corrected chi connectivity index (χ4v) is 3.05. The van der Waals surface area contributed by atoms with Gasteiger partial charge in [-0.3, -0.25) is 9.36 Å². The Morgan fingerprint density at radius 3 is 2.84 bits per heavy atom. The Hall–Kier alpha value is -2.86. The van der Waals surface area contributed by atoms with Crippen molar-refractivity contribution in [2.24, 2.45) is 0 Å². The van der Waals surface area contributed by atoms with Gasteiger partial charge in [-0.15, -0.1) is 10.2 Å². The van der Waals surface area contributed by atoms with Crippen molar-refractivity contribution in [1.82, 2.24) is 14.8 Å². The fraction of sp³-hybridized carbons (Fsp3) is 0.105. The summed E-state index contributed by atoms with van der Waals surface area (Å²) in [4.78, 5) is 11.2. The summed E-state index contributed by atoms with van der Waals surface area (Å²) in [5.41, 5.74) is 2.83. The zero-order valence-electron chi connectivity index (χ0n) is 13.8. The number of carbonyl (C=O) groups excluding carboxylic acids is 1. The normalized spacial score (nSPS) is 10.9. The third-order valence-electron chi connectivity index (χ3n) is 3.38. The van der Waals surface area contributed by atoms with Crippen molar-refractivity contribution in [2.45, 2.75) is 12.1 Å². The van der Waals surface area contributed by atoms with Gasteiger partial charge in [-0.25, -0.2) is 0 Å². The maximum absolute atomic E-state index is 11.2. The summed E-state index contributed by atoms with van der Waals surface area (Å²) in [6.45, 7) is 1.49. The average Bonchev–Trinajstić information content (AvgIpc) is 3.08. The molecule has 25 heavy (non-hydrogen) atoms. The Balaban J connectivity index is 1.68. The van der Waals surface area contributed by atoms with E-state index in [0.717, 1.165) is 22.3 Å². The van der Waals surface area contributed by atoms with E-state index in [0.29, 0.717) is 0 Å². The van der Waals surface area contributed by atoms with Crippen molar-refractivity contribution in [1.29, 1.82) is 0 Å². The summed E-state index contributed by atoms with van der Waals surface area (Å²) in [7, 11) is 0. The molecule has 0 aliphatic carbocycles. The molecule has 0 saturated carbocycles. The van der Waals surface area contributed by atoms with E-state index in [1.807, 2.05) is 47.0 Å². The first kappa shape index (κ1) is 17.0. The minimum atomic E-state index is -0.0958. The number of anilines is 1. The highest BCUT2D eigenvalue weighted by Gasteiger charge is 2.07. The third kappa shape index (κ3) is 4.81. The van der Waals surface area contributed by atoms with Crippen LogP contribution in [-0.4, -0.2) is 26.4 Å². The molecule has 0 saturated heterocycles. The van der Waals surface area contributed by atoms with E-state index in [1.54, 1.807) is 18.1 Å². The largest absolute Gasteiger partial charge is 0.326 e. The number of nitrogens with one attached hydrogen (secondary N) is 1. The zero-order chi connectivity index (χ0) is 17.5. The van der Waals surface area contributed by atoms with Gasteiger partial charge in [0.25, 0.3) is 0 Å². The molecule has 3 rings (SSSR count). The van der Waals surface area contributed by atoms with E-state index in [1.165, 1.54) is 12.5 Å². The van der Waals surface area contributed by atoms with Crippen LogP contribution in [0.4, 0.5) is 5.69 Å². The molecule has 126 valence electrons. The molecule has 0 bridgehead atoms. The maximum Gasteiger partial charge on any atom is 0.221 e. The number of thioether (sulfide) groups is 1. The molecule has 1 N–H and O–H groups in total. The lowest BCUT2D eigenvalue weighted by Crippen LogP contribution is -2.06. The van der Waals surface area contributed by atoms with Gasteiger partial charge in [-0.05, 0) is 23.8 Å². The smallest absolute Gasteiger partial charge is 0.221 e. The lowest BCUT2D eigenvalue weighted by Gasteiger charge is -2.08. The molecule has 1 amide bonds. The van der Waals surface area contributed by atoms with E-state index < -0.39 is 0 Å². The first-order valence-corrected chi connectivity index (χ1v) is 8.83. The molecule has 2 aromatic carbocycles. The zero-order valence-corrected chi connectivity index (χ0v) is 14.6. The Kier molecular flexibility index (Phi) is 5.64. The monoisotopic (exact) mass is 350 g/mol. The molecule has 0 aliphatic heterocycles. The van der Waals surface area contributed by atoms with Crippen LogP contribution < -0.4 is 5.32 Å². The van der Waals surface area contributed by atoms with Gasteiger partial charge in [0, 0.05) is 18.4 Å². The van der Waals surface area contributed by atoms with E-state index >= 15 is 0 Å². The van der Waals surface area contributed by atoms with Gasteiger partial charge in [0.15, 0.2) is 5.16 Å². The first-order chi connectivity index (χ1) is 12.2. The molecule has 0 atom stereocenters. The van der Waals surface area contributed by atoms with Gasteiger partial charge in [0.05, 0.1) is 5.69 Å². The molecule has 0 radical (unpaired) electrons. The second kappa shape index (κ2) is 8.30. The van der Waals surface area contributed by atoms with Crippen LogP contribution in [-0.2, 0) is 4.79 Å². The highest BCUT2D eigenvalue weighted by Crippen LogP contribution is 2.22. The second-order valence-corrected chi connectivity index (χ2v) is 6.33. The Labute approximate surface area is 150 Å². The van der Waals surface area contributed by atoms with Gasteiger partial charge in [-0.2, -0.15) is 0 Å². The lowest BCUT2D eigenvalue weighted by molar-refractivity contribution is -0.114. The first-order valence-electron chi connectivity index (χ1n) is 7.85. The van der Waals surface area contributed by atoms with E-state index in [-0.39, 0.29) is 5.91 Å². The molecule has 0 unspecified atom stereocenters. The maximum atomic E-state index is 11.2. The fourth-order valence-electron chi connectivity index (χ4n) is 2.31. The molecule has 3 aromatic rings. The quantitative estimate of drug-likeness (QED) is 0.682. The molecule has 1 aromatic heterocycles. The van der Waals surface area contributed by atoms with Gasteiger partial charge in [0.2, 0.25) is 5.91 Å². The van der Waals surface area contributed by atoms with Crippen molar-refractivity contribution in [3.63, 3.8) is 0 Å². The molecule has 0 spiro atoms. The van der Waals surface area contributed by atoms with Gasteiger partial charge in [-0.1, -0.05) is 60.3 Å². The summed E-state index contributed by atoms with van der Waals surface area (Å²) < 4.78 is 1.91. The number of amides is 1. The van der Waals surface area contributed by atoms with Gasteiger partial charge in [0.1, 0.15) is 6.33 Å². The summed E-state index contributed by atoms with van der Waals surface area (Å²) in [5.74, 6) is 0.695. The van der Waals surface area contributed by atoms with Crippen LogP contribution in [0.5, 0.6) is 0 Å². The van der Waals surface area contributed by atoms with Crippen molar-refractivity contribution in [3.05, 3.63) is 72.6 Å². The predicted octanol–water partition coefficient (Wildman–Crippen LogP) is 4.03. The van der Waals surface area contributed by atoms with E-state index in [4.69, 9.17) is 0 Å². The van der Waals surface area contributed by atoms with E-state index in [9.17, 15) is 4.79 Å². The summed E-state index contributed by atoms with van der Waals surface area (Å²) >= 11 is 1.60. The van der Waals surface area contributed by atoms with Crippen molar-refractivity contribution >= 4 is 29.4 Å². The summed E-state index contributed by atoms with van der Waals surface area (Å²) in [6, 6.07) is 17.8. The number of rotatable bonds is 6. The number of hydrogen-bond acceptors (Lipinski definition) is 4. The molecule has 0 aliphatic rings. The summed E-state index contributed by atoms with van der Waals surface area (Å²) in [6.07, 6.45) is 5.87. The summed E-state index contributed by atoms with van der Waals surface area (Å²) in [5, 5.41) is 11.8. The van der Waals surface area contributed by atoms with E-state index in [2.05, 4.69) is 39.8 Å². The van der Waals surface area contributed by atoms with Gasteiger partial charge >= 0.3 is 0 Å². The van der Waals surface area contributed by atoms with Crippen LogP contribution in [0.15, 0.2) is 72.2 Å². The minimum absolute atomic E-state index is 0.0958. The SMILES string of the molecule is CC(=O)Nc1cccc(-n2cnnc2SC/C=C/c2ccccc2)c1. The second-order valence-electron chi connectivity index (χ2n) is 5.34. The molecule has 6 heteroatoms. The topological polar surface area (TPSA) is 59.8 Å². The number of benzene rings is 2. The highest BCUT2D eigenvalue weighted by molar-refractivity contribution is 7.99. The number of aromatic nitrogens is 3. The van der Waals surface area contributed by atoms with Crippen molar-refractivity contribution in [3.8, 4) is 5.69 Å². The van der Waals surface area contributed by atoms with Crippen molar-refractivity contribution < 1.29 is 4.79 Å². The molecule has 5 nitrogen and oxygen atoms in total. The van der Waals surface area contributed by atoms with Crippen molar-refractivity contribution in [2.75, 3.05) is 11.1 Å². The Morgan fingerprint density at radius 2 is 2.04 bits per heavy atom. The Bertz CT molecular complexity index is 874. The number of hydrogen-bond donors (Lipinski definition) is 1. The van der Waals surface area contributed by atoms with Crippen LogP contribution >= 0.6 is 11.8 Å². The molecular weight excluding hydrogens is 332 g/mol. The average molecular weight is 350 g/mol. The van der Waals surface area contributed by atoms with Crippen LogP contribution in [0.1, 0.15) is 12.5 Å². The number of carbonyl (C=O) groups is 1. The van der Waals surface area contributed by atoms with Crippen LogP contribution in [0.3, 0.4) is 0 Å². The van der Waals surface area contributed by atoms with Gasteiger partial charge < -0.3 is 5.32 Å². The van der Waals surface area contributed by atoms with Crippen LogP contribution in [0.2, 0.25) is 0 Å². The standard InChI is InChI=1S/C19H18N4OS/c1-15(24)21-17-10-5-11-18(13-17)23-14-20-22-19(23)25-12-6-9-16-7-3-2-4-8-16/h2-11,13-14H,12H2,1H3,(H,21,24)/b9-6+. The molecule has 1 heterocycles. The number of nitrogens with zero attached hydrogens (tertiary/aromatic N) is 3. The Morgan fingerprint density at radius 1 is 1.20 bits per heavy atom. The molecular formula is C19H18N4OS. The predicted molar refractivity (Wildman–Crippen MR) is 102 cm³/mol.